The summed E-state index contributed by atoms with van der Waals surface area (Å²) in [6.45, 7) is 4.05. The lowest BCUT2D eigenvalue weighted by molar-refractivity contribution is 0.559. The number of halogens is 1. The first-order valence-electron chi connectivity index (χ1n) is 5.73. The monoisotopic (exact) mass is 284 g/mol. The van der Waals surface area contributed by atoms with Crippen LogP contribution >= 0.6 is 22.9 Å². The van der Waals surface area contributed by atoms with Gasteiger partial charge in [-0.15, -0.1) is 11.3 Å². The van der Waals surface area contributed by atoms with Gasteiger partial charge < -0.3 is 0 Å². The number of rotatable bonds is 4. The minimum absolute atomic E-state index is 0.0732. The van der Waals surface area contributed by atoms with Gasteiger partial charge in [0.1, 0.15) is 5.15 Å². The maximum atomic E-state index is 6.24. The van der Waals surface area contributed by atoms with E-state index in [9.17, 15) is 0 Å². The van der Waals surface area contributed by atoms with Crippen molar-refractivity contribution in [2.45, 2.75) is 26.3 Å². The molecule has 18 heavy (non-hydrogen) atoms. The first-order chi connectivity index (χ1) is 8.52. The van der Waals surface area contributed by atoms with Crippen molar-refractivity contribution in [1.82, 2.24) is 15.2 Å². The molecule has 0 spiro atoms. The van der Waals surface area contributed by atoms with Gasteiger partial charge in [-0.1, -0.05) is 11.6 Å². The third-order valence-electron chi connectivity index (χ3n) is 2.98. The van der Waals surface area contributed by atoms with Gasteiger partial charge in [0, 0.05) is 22.4 Å². The molecule has 0 bridgehead atoms. The zero-order valence-corrected chi connectivity index (χ0v) is 12.3. The topological polar surface area (TPSA) is 55.9 Å². The van der Waals surface area contributed by atoms with E-state index >= 15 is 0 Å². The number of hydrazine groups is 1. The summed E-state index contributed by atoms with van der Waals surface area (Å²) in [4.78, 5) is 2.49. The average molecular weight is 285 g/mol. The Balaban J connectivity index is 2.25. The number of thiophene rings is 1. The van der Waals surface area contributed by atoms with E-state index in [1.807, 2.05) is 14.0 Å². The summed E-state index contributed by atoms with van der Waals surface area (Å²) < 4.78 is 1.69. The van der Waals surface area contributed by atoms with E-state index in [0.717, 1.165) is 17.7 Å². The maximum Gasteiger partial charge on any atom is 0.130 e. The number of hydrogen-bond donors (Lipinski definition) is 2. The van der Waals surface area contributed by atoms with Crippen molar-refractivity contribution in [3.05, 3.63) is 38.3 Å². The molecular formula is C12H17ClN4S. The molecule has 98 valence electrons. The van der Waals surface area contributed by atoms with Gasteiger partial charge >= 0.3 is 0 Å². The summed E-state index contributed by atoms with van der Waals surface area (Å²) in [7, 11) is 1.85. The average Bonchev–Trinajstić information content (AvgIpc) is 2.84. The van der Waals surface area contributed by atoms with Crippen LogP contribution in [0.2, 0.25) is 5.15 Å². The molecule has 0 amide bonds. The highest BCUT2D eigenvalue weighted by Gasteiger charge is 2.18. The Morgan fingerprint density at radius 1 is 1.50 bits per heavy atom. The summed E-state index contributed by atoms with van der Waals surface area (Å²) >= 11 is 7.99. The Morgan fingerprint density at radius 2 is 2.22 bits per heavy atom. The number of nitrogens with zero attached hydrogens (tertiary/aromatic N) is 2. The third kappa shape index (κ3) is 2.59. The molecule has 2 aromatic heterocycles. The summed E-state index contributed by atoms with van der Waals surface area (Å²) in [6, 6.07) is 4.27. The summed E-state index contributed by atoms with van der Waals surface area (Å²) in [5, 5.41) is 5.00. The van der Waals surface area contributed by atoms with Gasteiger partial charge in [0.05, 0.1) is 11.7 Å². The van der Waals surface area contributed by atoms with Gasteiger partial charge in [0.15, 0.2) is 0 Å². The van der Waals surface area contributed by atoms with Crippen molar-refractivity contribution in [3.63, 3.8) is 0 Å². The Kier molecular flexibility index (Phi) is 4.07. The van der Waals surface area contributed by atoms with Crippen LogP contribution in [0.25, 0.3) is 0 Å². The maximum absolute atomic E-state index is 6.24. The molecule has 0 aromatic carbocycles. The number of nitrogens with one attached hydrogen (secondary N) is 1. The van der Waals surface area contributed by atoms with Crippen molar-refractivity contribution in [2.75, 3.05) is 0 Å². The van der Waals surface area contributed by atoms with E-state index in [1.54, 1.807) is 16.0 Å². The second-order valence-electron chi connectivity index (χ2n) is 4.35. The molecule has 4 nitrogen and oxygen atoms in total. The fraction of sp³-hybridized carbons (Fsp3) is 0.417. The highest BCUT2D eigenvalue weighted by Crippen LogP contribution is 2.28. The molecule has 2 aromatic rings. The highest BCUT2D eigenvalue weighted by atomic mass is 35.5. The number of nitrogens with two attached hydrogens (primary N) is 1. The molecule has 0 saturated heterocycles. The molecule has 0 aliphatic carbocycles. The van der Waals surface area contributed by atoms with Gasteiger partial charge in [-0.25, -0.2) is 0 Å². The third-order valence-corrected chi connectivity index (χ3v) is 4.57. The van der Waals surface area contributed by atoms with Gasteiger partial charge in [-0.05, 0) is 32.4 Å². The van der Waals surface area contributed by atoms with Gasteiger partial charge in [-0.2, -0.15) is 5.10 Å². The Hall–Kier alpha value is -0.880. The van der Waals surface area contributed by atoms with Crippen LogP contribution in [0.3, 0.4) is 0 Å². The number of hydrogen-bond acceptors (Lipinski definition) is 4. The van der Waals surface area contributed by atoms with Gasteiger partial charge in [0.2, 0.25) is 0 Å². The smallest absolute Gasteiger partial charge is 0.130 e. The van der Waals surface area contributed by atoms with E-state index in [0.29, 0.717) is 5.15 Å². The van der Waals surface area contributed by atoms with Crippen LogP contribution in [-0.4, -0.2) is 9.78 Å². The summed E-state index contributed by atoms with van der Waals surface area (Å²) in [6.07, 6.45) is 0.745. The molecule has 3 N–H and O–H groups in total. The second kappa shape index (κ2) is 5.40. The minimum atomic E-state index is 0.0732. The largest absolute Gasteiger partial charge is 0.271 e. The van der Waals surface area contributed by atoms with Crippen LogP contribution in [0.5, 0.6) is 0 Å². The van der Waals surface area contributed by atoms with Crippen LogP contribution < -0.4 is 11.3 Å². The lowest BCUT2D eigenvalue weighted by atomic mass is 10.1. The molecule has 1 unspecified atom stereocenters. The molecule has 0 fully saturated rings. The zero-order valence-electron chi connectivity index (χ0n) is 10.7. The van der Waals surface area contributed by atoms with Crippen LogP contribution in [0, 0.1) is 13.8 Å². The molecule has 2 heterocycles. The predicted molar refractivity (Wildman–Crippen MR) is 75.8 cm³/mol. The first kappa shape index (κ1) is 13.5. The standard InChI is InChI=1S/C12H17ClN4S/c1-7-4-5-11(18-7)10(15-14)6-9-8(2)16-17(3)12(9)13/h4-5,10,15H,6,14H2,1-3H3. The number of aromatic nitrogens is 2. The van der Waals surface area contributed by atoms with Crippen LogP contribution in [0.1, 0.15) is 27.1 Å². The van der Waals surface area contributed by atoms with Crippen LogP contribution in [0.15, 0.2) is 12.1 Å². The van der Waals surface area contributed by atoms with Gasteiger partial charge in [-0.3, -0.25) is 16.0 Å². The molecule has 1 atom stereocenters. The normalized spacial score (nSPS) is 12.9. The second-order valence-corrected chi connectivity index (χ2v) is 6.03. The van der Waals surface area contributed by atoms with Crippen molar-refractivity contribution >= 4 is 22.9 Å². The lowest BCUT2D eigenvalue weighted by Gasteiger charge is -2.14. The molecular weight excluding hydrogens is 268 g/mol. The van der Waals surface area contributed by atoms with E-state index in [-0.39, 0.29) is 6.04 Å². The first-order valence-corrected chi connectivity index (χ1v) is 6.92. The fourth-order valence-electron chi connectivity index (χ4n) is 1.99. The Bertz CT molecular complexity index is 546. The van der Waals surface area contributed by atoms with Crippen molar-refractivity contribution < 1.29 is 0 Å². The zero-order chi connectivity index (χ0) is 13.3. The molecule has 6 heteroatoms. The summed E-state index contributed by atoms with van der Waals surface area (Å²) in [5.41, 5.74) is 4.86. The predicted octanol–water partition coefficient (Wildman–Crippen LogP) is 2.50. The Morgan fingerprint density at radius 3 is 2.67 bits per heavy atom. The van der Waals surface area contributed by atoms with E-state index in [4.69, 9.17) is 17.4 Å². The van der Waals surface area contributed by atoms with Crippen LogP contribution in [0.4, 0.5) is 0 Å². The van der Waals surface area contributed by atoms with Crippen LogP contribution in [-0.2, 0) is 13.5 Å². The molecule has 0 radical (unpaired) electrons. The SMILES string of the molecule is Cc1ccc(C(Cc2c(C)nn(C)c2Cl)NN)s1. The molecule has 2 rings (SSSR count). The van der Waals surface area contributed by atoms with Crippen molar-refractivity contribution in [3.8, 4) is 0 Å². The van der Waals surface area contributed by atoms with Crippen molar-refractivity contribution in [2.24, 2.45) is 12.9 Å². The van der Waals surface area contributed by atoms with E-state index in [1.165, 1.54) is 9.75 Å². The fourth-order valence-corrected chi connectivity index (χ4v) is 3.18. The lowest BCUT2D eigenvalue weighted by Crippen LogP contribution is -2.29. The number of aryl methyl sites for hydroxylation is 3. The van der Waals surface area contributed by atoms with E-state index < -0.39 is 0 Å². The summed E-state index contributed by atoms with van der Waals surface area (Å²) in [5.74, 6) is 5.66. The minimum Gasteiger partial charge on any atom is -0.271 e. The molecule has 0 aliphatic heterocycles. The molecule has 0 saturated carbocycles. The van der Waals surface area contributed by atoms with Crippen molar-refractivity contribution in [1.29, 1.82) is 0 Å². The highest BCUT2D eigenvalue weighted by molar-refractivity contribution is 7.12. The quantitative estimate of drug-likeness (QED) is 0.670. The Labute approximate surface area is 116 Å². The molecule has 0 aliphatic rings. The van der Waals surface area contributed by atoms with E-state index in [2.05, 4.69) is 29.6 Å². The van der Waals surface area contributed by atoms with Gasteiger partial charge in [0.25, 0.3) is 0 Å².